The molecule has 0 bridgehead atoms. The van der Waals surface area contributed by atoms with Crippen molar-refractivity contribution in [2.45, 2.75) is 19.3 Å². The van der Waals surface area contributed by atoms with Crippen molar-refractivity contribution in [1.82, 2.24) is 14.5 Å². The van der Waals surface area contributed by atoms with Gasteiger partial charge in [-0.1, -0.05) is 6.07 Å². The van der Waals surface area contributed by atoms with E-state index >= 15 is 0 Å². The summed E-state index contributed by atoms with van der Waals surface area (Å²) in [5, 5.41) is 3.42. The number of hydrogen-bond acceptors (Lipinski definition) is 5. The molecule has 7 heteroatoms. The zero-order valence-electron chi connectivity index (χ0n) is 15.0. The van der Waals surface area contributed by atoms with E-state index in [4.69, 9.17) is 4.98 Å². The average Bonchev–Trinajstić information content (AvgIpc) is 3.32. The maximum Gasteiger partial charge on any atom is 0.264 e. The monoisotopic (exact) mass is 361 g/mol. The molecule has 3 aromatic rings. The highest BCUT2D eigenvalue weighted by atomic mass is 16.1. The number of pyridine rings is 1. The maximum atomic E-state index is 12.8. The van der Waals surface area contributed by atoms with Gasteiger partial charge in [0.05, 0.1) is 24.0 Å². The quantitative estimate of drug-likeness (QED) is 0.756. The number of aryl methyl sites for hydroxylation is 1. The molecule has 7 nitrogen and oxygen atoms in total. The molecule has 1 aromatic carbocycles. The van der Waals surface area contributed by atoms with Gasteiger partial charge in [-0.15, -0.1) is 0 Å². The van der Waals surface area contributed by atoms with Crippen LogP contribution in [-0.4, -0.2) is 33.5 Å². The highest BCUT2D eigenvalue weighted by Crippen LogP contribution is 2.32. The number of carbonyl (C=O) groups excluding carboxylic acids is 1. The van der Waals surface area contributed by atoms with Crippen LogP contribution in [0.15, 0.2) is 35.4 Å². The number of nitrogens with zero attached hydrogens (tertiary/aromatic N) is 4. The normalized spacial score (nSPS) is 16.0. The number of nitrogens with one attached hydrogen (secondary N) is 1. The number of aromatic nitrogens is 3. The molecule has 0 unspecified atom stereocenters. The predicted molar refractivity (Wildman–Crippen MR) is 104 cm³/mol. The van der Waals surface area contributed by atoms with Crippen molar-refractivity contribution in [2.75, 3.05) is 23.3 Å². The van der Waals surface area contributed by atoms with Crippen LogP contribution in [0.2, 0.25) is 0 Å². The lowest BCUT2D eigenvalue weighted by molar-refractivity contribution is -0.115. The van der Waals surface area contributed by atoms with Gasteiger partial charge >= 0.3 is 0 Å². The second-order valence-electron chi connectivity index (χ2n) is 7.18. The Labute approximate surface area is 155 Å². The van der Waals surface area contributed by atoms with E-state index in [0.717, 1.165) is 48.4 Å². The third-order valence-electron chi connectivity index (χ3n) is 5.32. The first-order valence-corrected chi connectivity index (χ1v) is 9.14. The SMILES string of the molecule is Cn1cnc2cc(-c3ccc4c(c3)CC(=O)N4)nc(N3CCCC3)c2c1=O. The summed E-state index contributed by atoms with van der Waals surface area (Å²) in [5.41, 5.74) is 4.10. The summed E-state index contributed by atoms with van der Waals surface area (Å²) >= 11 is 0. The minimum absolute atomic E-state index is 0.0107. The molecule has 4 heterocycles. The van der Waals surface area contributed by atoms with Crippen LogP contribution in [0.5, 0.6) is 0 Å². The van der Waals surface area contributed by atoms with Crippen molar-refractivity contribution in [2.24, 2.45) is 7.05 Å². The molecule has 1 saturated heterocycles. The Bertz CT molecular complexity index is 1150. The molecule has 2 aliphatic heterocycles. The summed E-state index contributed by atoms with van der Waals surface area (Å²) in [6.07, 6.45) is 4.13. The highest BCUT2D eigenvalue weighted by molar-refractivity contribution is 6.00. The number of hydrogen-bond donors (Lipinski definition) is 1. The summed E-state index contributed by atoms with van der Waals surface area (Å²) in [5.74, 6) is 0.722. The number of amides is 1. The van der Waals surface area contributed by atoms with Crippen molar-refractivity contribution >= 4 is 28.3 Å². The fourth-order valence-corrected chi connectivity index (χ4v) is 3.90. The van der Waals surface area contributed by atoms with Crippen LogP contribution in [0.1, 0.15) is 18.4 Å². The van der Waals surface area contributed by atoms with E-state index in [1.807, 2.05) is 24.3 Å². The van der Waals surface area contributed by atoms with Crippen LogP contribution in [-0.2, 0) is 18.3 Å². The largest absolute Gasteiger partial charge is 0.356 e. The van der Waals surface area contributed by atoms with E-state index in [0.29, 0.717) is 23.1 Å². The Balaban J connectivity index is 1.72. The van der Waals surface area contributed by atoms with E-state index in [1.54, 1.807) is 13.4 Å². The van der Waals surface area contributed by atoms with E-state index in [1.165, 1.54) is 4.57 Å². The molecule has 1 amide bonds. The van der Waals surface area contributed by atoms with Gasteiger partial charge in [-0.25, -0.2) is 9.97 Å². The molecular formula is C20H19N5O2. The molecule has 1 fully saturated rings. The van der Waals surface area contributed by atoms with Gasteiger partial charge in [0.25, 0.3) is 5.56 Å². The van der Waals surface area contributed by atoms with Crippen molar-refractivity contribution in [1.29, 1.82) is 0 Å². The molecule has 2 aliphatic rings. The Kier molecular flexibility index (Phi) is 3.50. The lowest BCUT2D eigenvalue weighted by atomic mass is 10.0. The first kappa shape index (κ1) is 16.0. The third-order valence-corrected chi connectivity index (χ3v) is 5.32. The molecule has 0 radical (unpaired) electrons. The molecule has 0 atom stereocenters. The minimum Gasteiger partial charge on any atom is -0.356 e. The molecule has 0 aliphatic carbocycles. The lowest BCUT2D eigenvalue weighted by Gasteiger charge is -2.19. The van der Waals surface area contributed by atoms with E-state index in [2.05, 4.69) is 15.2 Å². The van der Waals surface area contributed by atoms with Crippen LogP contribution < -0.4 is 15.8 Å². The fraction of sp³-hybridized carbons (Fsp3) is 0.300. The molecule has 0 saturated carbocycles. The standard InChI is InChI=1S/C20H19N5O2/c1-24-11-21-16-10-15(12-4-5-14-13(8-12)9-17(26)22-14)23-19(18(16)20(24)27)25-6-2-3-7-25/h4-5,8,10-11H,2-3,6-7,9H2,1H3,(H,22,26). The van der Waals surface area contributed by atoms with Crippen molar-refractivity contribution in [3.63, 3.8) is 0 Å². The summed E-state index contributed by atoms with van der Waals surface area (Å²) in [7, 11) is 1.71. The Morgan fingerprint density at radius 1 is 1.11 bits per heavy atom. The van der Waals surface area contributed by atoms with Crippen LogP contribution in [0.3, 0.4) is 0 Å². The molecule has 0 spiro atoms. The lowest BCUT2D eigenvalue weighted by Crippen LogP contribution is -2.25. The Morgan fingerprint density at radius 3 is 2.74 bits per heavy atom. The van der Waals surface area contributed by atoms with Gasteiger partial charge in [0.2, 0.25) is 5.91 Å². The number of fused-ring (bicyclic) bond motifs is 2. The molecule has 1 N–H and O–H groups in total. The smallest absolute Gasteiger partial charge is 0.264 e. The fourth-order valence-electron chi connectivity index (χ4n) is 3.90. The van der Waals surface area contributed by atoms with Crippen LogP contribution in [0, 0.1) is 0 Å². The zero-order valence-corrected chi connectivity index (χ0v) is 15.0. The van der Waals surface area contributed by atoms with Gasteiger partial charge in [0.15, 0.2) is 0 Å². The van der Waals surface area contributed by atoms with Gasteiger partial charge in [-0.2, -0.15) is 0 Å². The van der Waals surface area contributed by atoms with Gasteiger partial charge in [-0.05, 0) is 36.6 Å². The predicted octanol–water partition coefficient (Wildman–Crippen LogP) is 2.09. The number of carbonyl (C=O) groups is 1. The topological polar surface area (TPSA) is 80.1 Å². The van der Waals surface area contributed by atoms with E-state index < -0.39 is 0 Å². The zero-order chi connectivity index (χ0) is 18.5. The summed E-state index contributed by atoms with van der Waals surface area (Å²) in [4.78, 5) is 35.9. The molecule has 2 aromatic heterocycles. The van der Waals surface area contributed by atoms with Gasteiger partial charge < -0.3 is 14.8 Å². The second-order valence-corrected chi connectivity index (χ2v) is 7.18. The number of anilines is 2. The van der Waals surface area contributed by atoms with Crippen molar-refractivity contribution < 1.29 is 4.79 Å². The Hall–Kier alpha value is -3.22. The summed E-state index contributed by atoms with van der Waals surface area (Å²) in [6, 6.07) is 7.72. The summed E-state index contributed by atoms with van der Waals surface area (Å²) < 4.78 is 1.50. The Morgan fingerprint density at radius 2 is 1.93 bits per heavy atom. The van der Waals surface area contributed by atoms with Crippen LogP contribution >= 0.6 is 0 Å². The first-order valence-electron chi connectivity index (χ1n) is 9.14. The highest BCUT2D eigenvalue weighted by Gasteiger charge is 2.22. The van der Waals surface area contributed by atoms with Crippen LogP contribution in [0.25, 0.3) is 22.2 Å². The van der Waals surface area contributed by atoms with Gasteiger partial charge in [0, 0.05) is 31.4 Å². The average molecular weight is 361 g/mol. The molecule has 27 heavy (non-hydrogen) atoms. The van der Waals surface area contributed by atoms with Crippen LogP contribution in [0.4, 0.5) is 11.5 Å². The molecular weight excluding hydrogens is 342 g/mol. The third kappa shape index (κ3) is 2.58. The first-order chi connectivity index (χ1) is 13.1. The number of rotatable bonds is 2. The van der Waals surface area contributed by atoms with E-state index in [9.17, 15) is 9.59 Å². The van der Waals surface area contributed by atoms with Gasteiger partial charge in [0.1, 0.15) is 11.2 Å². The van der Waals surface area contributed by atoms with E-state index in [-0.39, 0.29) is 11.5 Å². The number of benzene rings is 1. The van der Waals surface area contributed by atoms with Crippen molar-refractivity contribution in [3.05, 3.63) is 46.5 Å². The molecule has 136 valence electrons. The maximum absolute atomic E-state index is 12.8. The van der Waals surface area contributed by atoms with Gasteiger partial charge in [-0.3, -0.25) is 9.59 Å². The minimum atomic E-state index is -0.0790. The summed E-state index contributed by atoms with van der Waals surface area (Å²) in [6.45, 7) is 1.79. The van der Waals surface area contributed by atoms with Crippen molar-refractivity contribution in [3.8, 4) is 11.3 Å². The molecule has 5 rings (SSSR count). The second kappa shape index (κ2) is 5.90.